The Morgan fingerprint density at radius 3 is 2.56 bits per heavy atom. The zero-order chi connectivity index (χ0) is 13.0. The second-order valence-electron chi connectivity index (χ2n) is 5.36. The van der Waals surface area contributed by atoms with Crippen LogP contribution in [-0.2, 0) is 0 Å². The standard InChI is InChI=1S/C16H26N2/c1-4-15(17-2)14-11-7-8-12-16(14)18(3)13-9-5-6-10-13/h7-8,11-13,15,17H,4-6,9-10H2,1-3H3. The van der Waals surface area contributed by atoms with Crippen molar-refractivity contribution in [1.82, 2.24) is 5.32 Å². The van der Waals surface area contributed by atoms with Gasteiger partial charge in [0.15, 0.2) is 0 Å². The van der Waals surface area contributed by atoms with Gasteiger partial charge in [0, 0.05) is 24.8 Å². The fourth-order valence-electron chi connectivity index (χ4n) is 3.17. The van der Waals surface area contributed by atoms with E-state index in [0.29, 0.717) is 6.04 Å². The van der Waals surface area contributed by atoms with Gasteiger partial charge < -0.3 is 10.2 Å². The van der Waals surface area contributed by atoms with Crippen molar-refractivity contribution in [2.75, 3.05) is 19.0 Å². The van der Waals surface area contributed by atoms with E-state index in [4.69, 9.17) is 0 Å². The SMILES string of the molecule is CCC(NC)c1ccccc1N(C)C1CCCC1. The highest BCUT2D eigenvalue weighted by Gasteiger charge is 2.22. The molecule has 100 valence electrons. The smallest absolute Gasteiger partial charge is 0.0414 e. The number of para-hydroxylation sites is 1. The molecule has 2 rings (SSSR count). The predicted octanol–water partition coefficient (Wildman–Crippen LogP) is 3.74. The van der Waals surface area contributed by atoms with Gasteiger partial charge in [-0.05, 0) is 37.9 Å². The van der Waals surface area contributed by atoms with Crippen LogP contribution in [0.3, 0.4) is 0 Å². The average molecular weight is 246 g/mol. The maximum Gasteiger partial charge on any atom is 0.0414 e. The molecule has 1 aliphatic rings. The van der Waals surface area contributed by atoms with Gasteiger partial charge in [0.05, 0.1) is 0 Å². The van der Waals surface area contributed by atoms with Gasteiger partial charge in [0.1, 0.15) is 0 Å². The number of rotatable bonds is 5. The van der Waals surface area contributed by atoms with E-state index < -0.39 is 0 Å². The summed E-state index contributed by atoms with van der Waals surface area (Å²) in [7, 11) is 4.32. The van der Waals surface area contributed by atoms with Gasteiger partial charge in [0.2, 0.25) is 0 Å². The highest BCUT2D eigenvalue weighted by atomic mass is 15.1. The summed E-state index contributed by atoms with van der Waals surface area (Å²) in [4.78, 5) is 2.50. The Morgan fingerprint density at radius 1 is 1.28 bits per heavy atom. The Bertz CT molecular complexity index is 365. The first-order valence-corrected chi connectivity index (χ1v) is 7.27. The van der Waals surface area contributed by atoms with E-state index in [1.54, 1.807) is 0 Å². The van der Waals surface area contributed by atoms with Crippen molar-refractivity contribution in [2.45, 2.75) is 51.1 Å². The van der Waals surface area contributed by atoms with Crippen molar-refractivity contribution in [3.05, 3.63) is 29.8 Å². The van der Waals surface area contributed by atoms with Crippen molar-refractivity contribution in [3.8, 4) is 0 Å². The number of benzene rings is 1. The van der Waals surface area contributed by atoms with Crippen LogP contribution in [0.15, 0.2) is 24.3 Å². The lowest BCUT2D eigenvalue weighted by Crippen LogP contribution is -2.31. The van der Waals surface area contributed by atoms with Crippen LogP contribution in [0, 0.1) is 0 Å². The monoisotopic (exact) mass is 246 g/mol. The lowest BCUT2D eigenvalue weighted by atomic mass is 10.0. The van der Waals surface area contributed by atoms with E-state index in [9.17, 15) is 0 Å². The molecule has 1 N–H and O–H groups in total. The van der Waals surface area contributed by atoms with Gasteiger partial charge in [-0.15, -0.1) is 0 Å². The molecule has 0 heterocycles. The summed E-state index contributed by atoms with van der Waals surface area (Å²) in [5.74, 6) is 0. The zero-order valence-corrected chi connectivity index (χ0v) is 11.9. The van der Waals surface area contributed by atoms with Crippen LogP contribution in [0.4, 0.5) is 5.69 Å². The highest BCUT2D eigenvalue weighted by Crippen LogP contribution is 2.32. The molecule has 1 aromatic carbocycles. The minimum absolute atomic E-state index is 0.463. The third-order valence-corrected chi connectivity index (χ3v) is 4.32. The molecule has 0 aliphatic heterocycles. The number of hydrogen-bond donors (Lipinski definition) is 1. The molecule has 1 atom stereocenters. The van der Waals surface area contributed by atoms with Crippen molar-refractivity contribution in [2.24, 2.45) is 0 Å². The maximum absolute atomic E-state index is 3.43. The highest BCUT2D eigenvalue weighted by molar-refractivity contribution is 5.55. The van der Waals surface area contributed by atoms with Crippen LogP contribution in [0.1, 0.15) is 50.6 Å². The minimum Gasteiger partial charge on any atom is -0.371 e. The third-order valence-electron chi connectivity index (χ3n) is 4.32. The van der Waals surface area contributed by atoms with Crippen LogP contribution >= 0.6 is 0 Å². The molecule has 0 radical (unpaired) electrons. The summed E-state index contributed by atoms with van der Waals surface area (Å²) in [6, 6.07) is 10.1. The first-order chi connectivity index (χ1) is 8.77. The van der Waals surface area contributed by atoms with E-state index in [1.807, 2.05) is 0 Å². The molecule has 0 spiro atoms. The molecule has 1 unspecified atom stereocenters. The molecule has 2 heteroatoms. The van der Waals surface area contributed by atoms with Gasteiger partial charge in [-0.1, -0.05) is 38.0 Å². The lowest BCUT2D eigenvalue weighted by Gasteiger charge is -2.30. The summed E-state index contributed by atoms with van der Waals surface area (Å²) in [6.07, 6.45) is 6.61. The summed E-state index contributed by atoms with van der Waals surface area (Å²) < 4.78 is 0. The molecular weight excluding hydrogens is 220 g/mol. The van der Waals surface area contributed by atoms with Crippen molar-refractivity contribution < 1.29 is 0 Å². The van der Waals surface area contributed by atoms with Gasteiger partial charge in [-0.25, -0.2) is 0 Å². The second-order valence-corrected chi connectivity index (χ2v) is 5.36. The van der Waals surface area contributed by atoms with E-state index in [-0.39, 0.29) is 0 Å². The molecule has 0 amide bonds. The van der Waals surface area contributed by atoms with E-state index in [2.05, 4.69) is 55.5 Å². The Balaban J connectivity index is 2.25. The first-order valence-electron chi connectivity index (χ1n) is 7.27. The quantitative estimate of drug-likeness (QED) is 0.851. The molecule has 0 saturated heterocycles. The minimum atomic E-state index is 0.463. The van der Waals surface area contributed by atoms with Crippen molar-refractivity contribution in [1.29, 1.82) is 0 Å². The van der Waals surface area contributed by atoms with Gasteiger partial charge in [0.25, 0.3) is 0 Å². The Labute approximate surface area is 111 Å². The van der Waals surface area contributed by atoms with Gasteiger partial charge in [-0.2, -0.15) is 0 Å². The fraction of sp³-hybridized carbons (Fsp3) is 0.625. The largest absolute Gasteiger partial charge is 0.371 e. The fourth-order valence-corrected chi connectivity index (χ4v) is 3.17. The number of anilines is 1. The number of nitrogens with one attached hydrogen (secondary N) is 1. The Hall–Kier alpha value is -1.02. The lowest BCUT2D eigenvalue weighted by molar-refractivity contribution is 0.570. The maximum atomic E-state index is 3.43. The van der Waals surface area contributed by atoms with Crippen LogP contribution in [0.2, 0.25) is 0 Å². The van der Waals surface area contributed by atoms with Crippen molar-refractivity contribution in [3.63, 3.8) is 0 Å². The van der Waals surface area contributed by atoms with Gasteiger partial charge in [-0.3, -0.25) is 0 Å². The van der Waals surface area contributed by atoms with Gasteiger partial charge >= 0.3 is 0 Å². The average Bonchev–Trinajstić information content (AvgIpc) is 2.94. The van der Waals surface area contributed by atoms with Crippen molar-refractivity contribution >= 4 is 5.69 Å². The molecule has 1 aromatic rings. The summed E-state index contributed by atoms with van der Waals surface area (Å²) in [6.45, 7) is 2.24. The predicted molar refractivity (Wildman–Crippen MR) is 79.2 cm³/mol. The van der Waals surface area contributed by atoms with E-state index in [0.717, 1.165) is 12.5 Å². The third kappa shape index (κ3) is 2.69. The Kier molecular flexibility index (Phi) is 4.65. The second kappa shape index (κ2) is 6.24. The molecule has 1 saturated carbocycles. The summed E-state index contributed by atoms with van der Waals surface area (Å²) in [5, 5.41) is 3.43. The zero-order valence-electron chi connectivity index (χ0n) is 11.9. The molecular formula is C16H26N2. The molecule has 1 aliphatic carbocycles. The van der Waals surface area contributed by atoms with Crippen LogP contribution < -0.4 is 10.2 Å². The molecule has 1 fully saturated rings. The summed E-state index contributed by atoms with van der Waals surface area (Å²) in [5.41, 5.74) is 2.85. The van der Waals surface area contributed by atoms with E-state index >= 15 is 0 Å². The molecule has 2 nitrogen and oxygen atoms in total. The normalized spacial score (nSPS) is 17.9. The summed E-state index contributed by atoms with van der Waals surface area (Å²) >= 11 is 0. The van der Waals surface area contributed by atoms with Crippen LogP contribution in [-0.4, -0.2) is 20.1 Å². The van der Waals surface area contributed by atoms with Crippen LogP contribution in [0.25, 0.3) is 0 Å². The number of hydrogen-bond acceptors (Lipinski definition) is 2. The van der Waals surface area contributed by atoms with E-state index in [1.165, 1.54) is 36.9 Å². The molecule has 0 aromatic heterocycles. The number of nitrogens with zero attached hydrogens (tertiary/aromatic N) is 1. The topological polar surface area (TPSA) is 15.3 Å². The van der Waals surface area contributed by atoms with Crippen LogP contribution in [0.5, 0.6) is 0 Å². The molecule has 0 bridgehead atoms. The Morgan fingerprint density at radius 2 is 1.94 bits per heavy atom. The molecule has 18 heavy (non-hydrogen) atoms. The first kappa shape index (κ1) is 13.4.